The highest BCUT2D eigenvalue weighted by atomic mass is 16.5. The molecule has 0 saturated heterocycles. The Labute approximate surface area is 140 Å². The largest absolute Gasteiger partial charge is 0.497 e. The first kappa shape index (κ1) is 14.9. The van der Waals surface area contributed by atoms with Crippen LogP contribution in [0, 0.1) is 0 Å². The molecule has 25 heavy (non-hydrogen) atoms. The lowest BCUT2D eigenvalue weighted by atomic mass is 10.2. The zero-order valence-corrected chi connectivity index (χ0v) is 13.2. The first-order valence-corrected chi connectivity index (χ1v) is 7.46. The van der Waals surface area contributed by atoms with Crippen molar-refractivity contribution < 1.29 is 4.74 Å². The first-order valence-electron chi connectivity index (χ1n) is 7.46. The molecular formula is C17H13N5O3. The molecule has 2 N–H and O–H groups in total. The van der Waals surface area contributed by atoms with Crippen LogP contribution in [0.15, 0.2) is 57.4 Å². The Morgan fingerprint density at radius 2 is 1.92 bits per heavy atom. The van der Waals surface area contributed by atoms with Gasteiger partial charge in [0.2, 0.25) is 0 Å². The van der Waals surface area contributed by atoms with Crippen molar-refractivity contribution in [3.8, 4) is 5.75 Å². The number of ether oxygens (including phenoxy) is 1. The minimum atomic E-state index is -0.619. The number of rotatable bonds is 3. The number of nitrogens with one attached hydrogen (secondary N) is 2. The Kier molecular flexibility index (Phi) is 3.42. The molecule has 0 atom stereocenters. The molecule has 4 rings (SSSR count). The molecule has 0 amide bonds. The van der Waals surface area contributed by atoms with Gasteiger partial charge in [-0.05, 0) is 35.9 Å². The lowest BCUT2D eigenvalue weighted by Gasteiger charge is -1.99. The second kappa shape index (κ2) is 5.75. The van der Waals surface area contributed by atoms with E-state index in [1.807, 2.05) is 0 Å². The van der Waals surface area contributed by atoms with Crippen molar-refractivity contribution in [2.45, 2.75) is 0 Å². The number of H-pyrrole nitrogens is 2. The zero-order chi connectivity index (χ0) is 17.4. The van der Waals surface area contributed by atoms with Gasteiger partial charge in [-0.25, -0.2) is 4.79 Å². The number of pyridine rings is 1. The smallest absolute Gasteiger partial charge is 0.350 e. The second-order valence-corrected chi connectivity index (χ2v) is 5.36. The maximum atomic E-state index is 12.6. The van der Waals surface area contributed by atoms with Crippen LogP contribution in [-0.2, 0) is 0 Å². The summed E-state index contributed by atoms with van der Waals surface area (Å²) in [6, 6.07) is 8.76. The predicted octanol–water partition coefficient (Wildman–Crippen LogP) is 1.46. The van der Waals surface area contributed by atoms with E-state index < -0.39 is 11.2 Å². The number of hydrogen-bond donors (Lipinski definition) is 2. The standard InChI is InChI=1S/C17H13N5O3/c1-25-11-2-3-13-12(8-11)14-15(20-13)16(23)22(17(24)21-14)19-9-10-4-6-18-7-5-10/h2-9,20H,1H3,(H,21,24)/b19-9-. The lowest BCUT2D eigenvalue weighted by Crippen LogP contribution is -2.32. The average Bonchev–Trinajstić information content (AvgIpc) is 3.00. The van der Waals surface area contributed by atoms with Gasteiger partial charge in [0, 0.05) is 23.3 Å². The summed E-state index contributed by atoms with van der Waals surface area (Å²) in [6.07, 6.45) is 4.63. The van der Waals surface area contributed by atoms with Gasteiger partial charge in [0.25, 0.3) is 0 Å². The first-order chi connectivity index (χ1) is 12.2. The molecule has 0 aliphatic heterocycles. The highest BCUT2D eigenvalue weighted by Crippen LogP contribution is 2.25. The van der Waals surface area contributed by atoms with Crippen LogP contribution in [0.5, 0.6) is 5.75 Å². The third-order valence-corrected chi connectivity index (χ3v) is 3.86. The van der Waals surface area contributed by atoms with Gasteiger partial charge in [0.15, 0.2) is 0 Å². The highest BCUT2D eigenvalue weighted by molar-refractivity contribution is 6.04. The van der Waals surface area contributed by atoms with E-state index in [4.69, 9.17) is 4.74 Å². The van der Waals surface area contributed by atoms with Crippen LogP contribution < -0.4 is 16.0 Å². The molecule has 0 aliphatic carbocycles. The fourth-order valence-electron chi connectivity index (χ4n) is 2.63. The van der Waals surface area contributed by atoms with Crippen LogP contribution >= 0.6 is 0 Å². The van der Waals surface area contributed by atoms with Gasteiger partial charge in [-0.2, -0.15) is 5.10 Å². The number of aromatic nitrogens is 4. The zero-order valence-electron chi connectivity index (χ0n) is 13.2. The Balaban J connectivity index is 1.93. The molecule has 0 unspecified atom stereocenters. The maximum absolute atomic E-state index is 12.6. The molecule has 1 aromatic carbocycles. The normalized spacial score (nSPS) is 11.6. The summed E-state index contributed by atoms with van der Waals surface area (Å²) in [5.74, 6) is 0.633. The lowest BCUT2D eigenvalue weighted by molar-refractivity contribution is 0.415. The summed E-state index contributed by atoms with van der Waals surface area (Å²) in [7, 11) is 1.56. The third kappa shape index (κ3) is 2.49. The van der Waals surface area contributed by atoms with E-state index in [1.165, 1.54) is 6.21 Å². The van der Waals surface area contributed by atoms with E-state index in [0.717, 1.165) is 15.8 Å². The molecule has 3 heterocycles. The van der Waals surface area contributed by atoms with Gasteiger partial charge in [-0.1, -0.05) is 0 Å². The van der Waals surface area contributed by atoms with Crippen LogP contribution in [0.1, 0.15) is 5.56 Å². The fourth-order valence-corrected chi connectivity index (χ4v) is 2.63. The predicted molar refractivity (Wildman–Crippen MR) is 94.5 cm³/mol. The van der Waals surface area contributed by atoms with E-state index in [-0.39, 0.29) is 5.52 Å². The molecule has 8 heteroatoms. The highest BCUT2D eigenvalue weighted by Gasteiger charge is 2.13. The summed E-state index contributed by atoms with van der Waals surface area (Å²) < 4.78 is 5.98. The summed E-state index contributed by atoms with van der Waals surface area (Å²) in [4.78, 5) is 34.6. The molecule has 3 aromatic heterocycles. The van der Waals surface area contributed by atoms with Crippen LogP contribution in [0.3, 0.4) is 0 Å². The van der Waals surface area contributed by atoms with Crippen molar-refractivity contribution in [1.29, 1.82) is 0 Å². The van der Waals surface area contributed by atoms with Crippen LogP contribution in [-0.4, -0.2) is 33.0 Å². The Hall–Kier alpha value is -3.68. The molecule has 0 bridgehead atoms. The molecule has 8 nitrogen and oxygen atoms in total. The van der Waals surface area contributed by atoms with Crippen molar-refractivity contribution in [3.63, 3.8) is 0 Å². The van der Waals surface area contributed by atoms with Gasteiger partial charge in [0.05, 0.1) is 18.8 Å². The number of fused-ring (bicyclic) bond motifs is 3. The van der Waals surface area contributed by atoms with Crippen molar-refractivity contribution in [2.75, 3.05) is 7.11 Å². The molecule has 0 saturated carbocycles. The topological polar surface area (TPSA) is 105 Å². The van der Waals surface area contributed by atoms with Crippen LogP contribution in [0.25, 0.3) is 21.9 Å². The summed E-state index contributed by atoms with van der Waals surface area (Å²) in [6.45, 7) is 0. The number of benzene rings is 1. The molecule has 0 aliphatic rings. The fraction of sp³-hybridized carbons (Fsp3) is 0.0588. The van der Waals surface area contributed by atoms with E-state index in [9.17, 15) is 9.59 Å². The SMILES string of the molecule is COc1ccc2[nH]c3c(=O)n(/N=C\c4ccncc4)c(=O)[nH]c3c2c1. The minimum Gasteiger partial charge on any atom is -0.497 e. The maximum Gasteiger partial charge on any atom is 0.350 e. The second-order valence-electron chi connectivity index (χ2n) is 5.36. The Bertz CT molecular complexity index is 1220. The van der Waals surface area contributed by atoms with Crippen LogP contribution in [0.4, 0.5) is 0 Å². The van der Waals surface area contributed by atoms with Crippen molar-refractivity contribution in [1.82, 2.24) is 19.6 Å². The van der Waals surface area contributed by atoms with Crippen LogP contribution in [0.2, 0.25) is 0 Å². The Morgan fingerprint density at radius 1 is 1.12 bits per heavy atom. The van der Waals surface area contributed by atoms with Gasteiger partial charge in [-0.15, -0.1) is 4.68 Å². The third-order valence-electron chi connectivity index (χ3n) is 3.86. The molecular weight excluding hydrogens is 322 g/mol. The van der Waals surface area contributed by atoms with Crippen molar-refractivity contribution >= 4 is 28.2 Å². The minimum absolute atomic E-state index is 0.273. The molecule has 124 valence electrons. The van der Waals surface area contributed by atoms with Crippen molar-refractivity contribution in [2.24, 2.45) is 5.10 Å². The van der Waals surface area contributed by atoms with Gasteiger partial charge in [0.1, 0.15) is 11.3 Å². The molecule has 0 fully saturated rings. The molecule has 4 aromatic rings. The summed E-state index contributed by atoms with van der Waals surface area (Å²) in [5, 5.41) is 4.70. The van der Waals surface area contributed by atoms with E-state index in [1.54, 1.807) is 49.8 Å². The number of nitrogens with zero attached hydrogens (tertiary/aromatic N) is 3. The van der Waals surface area contributed by atoms with Gasteiger partial charge in [-0.3, -0.25) is 9.78 Å². The number of aromatic amines is 2. The van der Waals surface area contributed by atoms with E-state index in [2.05, 4.69) is 20.1 Å². The number of methoxy groups -OCH3 is 1. The van der Waals surface area contributed by atoms with Gasteiger partial charge >= 0.3 is 11.2 Å². The monoisotopic (exact) mass is 335 g/mol. The molecule has 0 radical (unpaired) electrons. The quantitative estimate of drug-likeness (QED) is 0.553. The average molecular weight is 335 g/mol. The van der Waals surface area contributed by atoms with E-state index in [0.29, 0.717) is 16.7 Å². The van der Waals surface area contributed by atoms with E-state index >= 15 is 0 Å². The molecule has 0 spiro atoms. The Morgan fingerprint density at radius 3 is 2.68 bits per heavy atom. The number of hydrogen-bond acceptors (Lipinski definition) is 5. The summed E-state index contributed by atoms with van der Waals surface area (Å²) >= 11 is 0. The summed E-state index contributed by atoms with van der Waals surface area (Å²) in [5.41, 5.74) is 1.00. The van der Waals surface area contributed by atoms with Crippen molar-refractivity contribution in [3.05, 3.63) is 69.1 Å². The van der Waals surface area contributed by atoms with Gasteiger partial charge < -0.3 is 14.7 Å².